The van der Waals surface area contributed by atoms with Gasteiger partial charge in [-0.2, -0.15) is 0 Å². The zero-order chi connectivity index (χ0) is 20.1. The van der Waals surface area contributed by atoms with E-state index < -0.39 is 0 Å². The molecule has 1 heterocycles. The van der Waals surface area contributed by atoms with E-state index in [4.69, 9.17) is 0 Å². The van der Waals surface area contributed by atoms with Gasteiger partial charge in [-0.1, -0.05) is 31.2 Å². The molecule has 0 spiro atoms. The van der Waals surface area contributed by atoms with E-state index in [2.05, 4.69) is 31.0 Å². The van der Waals surface area contributed by atoms with Gasteiger partial charge in [0, 0.05) is 23.2 Å². The van der Waals surface area contributed by atoms with E-state index >= 15 is 0 Å². The molecule has 2 N–H and O–H groups in total. The molecule has 0 bridgehead atoms. The molecule has 3 heteroatoms. The molecule has 1 saturated heterocycles. The van der Waals surface area contributed by atoms with Gasteiger partial charge in [-0.3, -0.25) is 4.90 Å². The van der Waals surface area contributed by atoms with Gasteiger partial charge in [0.25, 0.3) is 0 Å². The van der Waals surface area contributed by atoms with Crippen LogP contribution in [-0.2, 0) is 19.4 Å². The summed E-state index contributed by atoms with van der Waals surface area (Å²) in [5.41, 5.74) is 4.41. The van der Waals surface area contributed by atoms with E-state index in [1.807, 2.05) is 30.4 Å². The maximum Gasteiger partial charge on any atom is 0.128 e. The standard InChI is InChI=1S/C25H31NO2/c1-4-6-19-8-9-24(27)22(15-19)23-16-20(7-5-2)14-21(25(23)28)17-26-12-10-18(3)11-13-26/h4-5,8-9,14-16,18,27-28H,1-2,6-7,10-13,17H2,3H3. The number of rotatable bonds is 7. The first-order valence-electron chi connectivity index (χ1n) is 10.1. The van der Waals surface area contributed by atoms with Gasteiger partial charge < -0.3 is 10.2 Å². The molecule has 0 radical (unpaired) electrons. The smallest absolute Gasteiger partial charge is 0.128 e. The molecule has 2 aromatic rings. The van der Waals surface area contributed by atoms with E-state index in [0.717, 1.165) is 55.1 Å². The number of phenols is 2. The monoisotopic (exact) mass is 377 g/mol. The lowest BCUT2D eigenvalue weighted by molar-refractivity contribution is 0.183. The van der Waals surface area contributed by atoms with Crippen molar-refractivity contribution in [2.45, 2.75) is 39.2 Å². The highest BCUT2D eigenvalue weighted by Crippen LogP contribution is 2.39. The predicted molar refractivity (Wildman–Crippen MR) is 117 cm³/mol. The van der Waals surface area contributed by atoms with Gasteiger partial charge in [0.15, 0.2) is 0 Å². The van der Waals surface area contributed by atoms with Crippen LogP contribution in [0.1, 0.15) is 36.5 Å². The van der Waals surface area contributed by atoms with E-state index in [9.17, 15) is 10.2 Å². The summed E-state index contributed by atoms with van der Waals surface area (Å²) >= 11 is 0. The fourth-order valence-electron chi connectivity index (χ4n) is 3.92. The average molecular weight is 378 g/mol. The minimum atomic E-state index is 0.177. The molecule has 0 atom stereocenters. The fourth-order valence-corrected chi connectivity index (χ4v) is 3.92. The summed E-state index contributed by atoms with van der Waals surface area (Å²) in [4.78, 5) is 2.41. The summed E-state index contributed by atoms with van der Waals surface area (Å²) in [6.45, 7) is 12.8. The van der Waals surface area contributed by atoms with Crippen LogP contribution in [0.3, 0.4) is 0 Å². The van der Waals surface area contributed by atoms with E-state index in [0.29, 0.717) is 11.1 Å². The maximum atomic E-state index is 11.1. The first-order valence-corrected chi connectivity index (χ1v) is 10.1. The summed E-state index contributed by atoms with van der Waals surface area (Å²) in [5, 5.41) is 21.6. The summed E-state index contributed by atoms with van der Waals surface area (Å²) < 4.78 is 0. The second-order valence-corrected chi connectivity index (χ2v) is 7.95. The van der Waals surface area contributed by atoms with Crippen LogP contribution >= 0.6 is 0 Å². The number of hydrogen-bond acceptors (Lipinski definition) is 3. The zero-order valence-corrected chi connectivity index (χ0v) is 16.8. The Labute approximate surface area is 168 Å². The van der Waals surface area contributed by atoms with Gasteiger partial charge in [-0.15, -0.1) is 13.2 Å². The first kappa shape index (κ1) is 20.2. The lowest BCUT2D eigenvalue weighted by Crippen LogP contribution is -2.32. The van der Waals surface area contributed by atoms with Crippen LogP contribution < -0.4 is 0 Å². The third-order valence-electron chi connectivity index (χ3n) is 5.63. The SMILES string of the molecule is C=CCc1ccc(O)c(-c2cc(CC=C)cc(CN3CCC(C)CC3)c2O)c1. The van der Waals surface area contributed by atoms with Crippen molar-refractivity contribution in [2.75, 3.05) is 13.1 Å². The minimum Gasteiger partial charge on any atom is -0.507 e. The molecule has 0 aliphatic carbocycles. The second-order valence-electron chi connectivity index (χ2n) is 7.95. The van der Waals surface area contributed by atoms with Gasteiger partial charge in [-0.25, -0.2) is 0 Å². The van der Waals surface area contributed by atoms with Gasteiger partial charge in [-0.05, 0) is 74.0 Å². The Bertz CT molecular complexity index is 848. The van der Waals surface area contributed by atoms with Gasteiger partial charge in [0.05, 0.1) is 0 Å². The summed E-state index contributed by atoms with van der Waals surface area (Å²) in [7, 11) is 0. The first-order chi connectivity index (χ1) is 13.5. The highest BCUT2D eigenvalue weighted by molar-refractivity contribution is 5.78. The van der Waals surface area contributed by atoms with Crippen molar-refractivity contribution in [3.8, 4) is 22.6 Å². The molecular formula is C25H31NO2. The number of nitrogens with zero attached hydrogens (tertiary/aromatic N) is 1. The van der Waals surface area contributed by atoms with Crippen molar-refractivity contribution >= 4 is 0 Å². The Morgan fingerprint density at radius 2 is 1.61 bits per heavy atom. The second kappa shape index (κ2) is 9.11. The predicted octanol–water partition coefficient (Wildman–Crippen LogP) is 5.45. The summed E-state index contributed by atoms with van der Waals surface area (Å²) in [6, 6.07) is 9.56. The Kier molecular flexibility index (Phi) is 6.58. The maximum absolute atomic E-state index is 11.1. The summed E-state index contributed by atoms with van der Waals surface area (Å²) in [6.07, 6.45) is 7.56. The van der Waals surface area contributed by atoms with Crippen LogP contribution in [0.25, 0.3) is 11.1 Å². The molecule has 0 saturated carbocycles. The molecule has 1 aliphatic rings. The van der Waals surface area contributed by atoms with Crippen molar-refractivity contribution < 1.29 is 10.2 Å². The van der Waals surface area contributed by atoms with Crippen molar-refractivity contribution in [2.24, 2.45) is 5.92 Å². The zero-order valence-electron chi connectivity index (χ0n) is 16.8. The van der Waals surface area contributed by atoms with Gasteiger partial charge >= 0.3 is 0 Å². The Morgan fingerprint density at radius 1 is 0.964 bits per heavy atom. The van der Waals surface area contributed by atoms with Crippen molar-refractivity contribution in [1.82, 2.24) is 4.90 Å². The van der Waals surface area contributed by atoms with E-state index in [-0.39, 0.29) is 11.5 Å². The molecule has 0 unspecified atom stereocenters. The van der Waals surface area contributed by atoms with Crippen molar-refractivity contribution in [3.05, 3.63) is 72.3 Å². The van der Waals surface area contributed by atoms with Crippen LogP contribution in [0.15, 0.2) is 55.6 Å². The number of benzene rings is 2. The van der Waals surface area contributed by atoms with Crippen molar-refractivity contribution in [3.63, 3.8) is 0 Å². The number of phenolic OH excluding ortho intramolecular Hbond substituents is 2. The quantitative estimate of drug-likeness (QED) is 0.630. The lowest BCUT2D eigenvalue weighted by atomic mass is 9.93. The Morgan fingerprint density at radius 3 is 2.29 bits per heavy atom. The van der Waals surface area contributed by atoms with Gasteiger partial charge in [0.1, 0.15) is 11.5 Å². The normalized spacial score (nSPS) is 15.5. The number of allylic oxidation sites excluding steroid dienone is 2. The van der Waals surface area contributed by atoms with Crippen LogP contribution in [-0.4, -0.2) is 28.2 Å². The molecular weight excluding hydrogens is 346 g/mol. The van der Waals surface area contributed by atoms with E-state index in [1.54, 1.807) is 6.07 Å². The number of hydrogen-bond donors (Lipinski definition) is 2. The van der Waals surface area contributed by atoms with Crippen LogP contribution in [0.2, 0.25) is 0 Å². The van der Waals surface area contributed by atoms with Gasteiger partial charge in [0.2, 0.25) is 0 Å². The average Bonchev–Trinajstić information content (AvgIpc) is 2.68. The third-order valence-corrected chi connectivity index (χ3v) is 5.63. The Balaban J connectivity index is 2.01. The highest BCUT2D eigenvalue weighted by Gasteiger charge is 2.20. The highest BCUT2D eigenvalue weighted by atomic mass is 16.3. The van der Waals surface area contributed by atoms with Crippen LogP contribution in [0, 0.1) is 5.92 Å². The van der Waals surface area contributed by atoms with E-state index in [1.165, 1.54) is 12.8 Å². The minimum absolute atomic E-state index is 0.177. The van der Waals surface area contributed by atoms with Crippen molar-refractivity contribution in [1.29, 1.82) is 0 Å². The topological polar surface area (TPSA) is 43.7 Å². The molecule has 0 amide bonds. The van der Waals surface area contributed by atoms with Crippen LogP contribution in [0.5, 0.6) is 11.5 Å². The number of piperidine rings is 1. The summed E-state index contributed by atoms with van der Waals surface area (Å²) in [5.74, 6) is 1.21. The molecule has 0 aromatic heterocycles. The fraction of sp³-hybridized carbons (Fsp3) is 0.360. The Hall–Kier alpha value is -2.52. The molecule has 148 valence electrons. The number of aromatic hydroxyl groups is 2. The largest absolute Gasteiger partial charge is 0.507 e. The molecule has 3 nitrogen and oxygen atoms in total. The molecule has 28 heavy (non-hydrogen) atoms. The lowest BCUT2D eigenvalue weighted by Gasteiger charge is -2.30. The number of likely N-dealkylation sites (tertiary alicyclic amines) is 1. The molecule has 1 aliphatic heterocycles. The third kappa shape index (κ3) is 4.66. The van der Waals surface area contributed by atoms with Crippen LogP contribution in [0.4, 0.5) is 0 Å². The molecule has 1 fully saturated rings. The molecule has 2 aromatic carbocycles. The molecule has 3 rings (SSSR count).